The van der Waals surface area contributed by atoms with Crippen molar-refractivity contribution in [2.24, 2.45) is 0 Å². The number of aliphatic hydroxyl groups excluding tert-OH is 1. The molecule has 0 aliphatic carbocycles. The van der Waals surface area contributed by atoms with Gasteiger partial charge in [-0.15, -0.1) is 0 Å². The smallest absolute Gasteiger partial charge is 0.0791 e. The van der Waals surface area contributed by atoms with Crippen LogP contribution in [0.2, 0.25) is 0 Å². The van der Waals surface area contributed by atoms with Crippen molar-refractivity contribution in [2.45, 2.75) is 6.92 Å². The summed E-state index contributed by atoms with van der Waals surface area (Å²) in [6.07, 6.45) is 9.95. The van der Waals surface area contributed by atoms with E-state index in [0.717, 1.165) is 6.26 Å². The van der Waals surface area contributed by atoms with Crippen LogP contribution in [0.5, 0.6) is 0 Å². The van der Waals surface area contributed by atoms with Gasteiger partial charge in [0.15, 0.2) is 0 Å². The van der Waals surface area contributed by atoms with E-state index in [2.05, 4.69) is 0 Å². The maximum absolute atomic E-state index is 8.11. The predicted octanol–water partition coefficient (Wildman–Crippen LogP) is 2.19. The molecule has 48 valence electrons. The SMILES string of the molecule is C\C=C/C=C\C=C\O.[U]. The molecular formula is C7H10OU. The Labute approximate surface area is 79.5 Å². The number of hydrogen-bond donors (Lipinski definition) is 1. The van der Waals surface area contributed by atoms with E-state index in [0.29, 0.717) is 0 Å². The molecule has 0 spiro atoms. The number of rotatable bonds is 2. The molecule has 0 saturated heterocycles. The Morgan fingerprint density at radius 2 is 1.56 bits per heavy atom. The average molecular weight is 348 g/mol. The van der Waals surface area contributed by atoms with Gasteiger partial charge in [0.05, 0.1) is 6.26 Å². The monoisotopic (exact) mass is 348 g/mol. The minimum absolute atomic E-state index is 0. The first-order valence-corrected chi connectivity index (χ1v) is 2.50. The second-order valence-electron chi connectivity index (χ2n) is 1.25. The van der Waals surface area contributed by atoms with Gasteiger partial charge in [-0.25, -0.2) is 0 Å². The van der Waals surface area contributed by atoms with Gasteiger partial charge in [0.2, 0.25) is 0 Å². The van der Waals surface area contributed by atoms with Gasteiger partial charge < -0.3 is 5.11 Å². The van der Waals surface area contributed by atoms with E-state index in [4.69, 9.17) is 5.11 Å². The van der Waals surface area contributed by atoms with E-state index in [1.165, 1.54) is 0 Å². The van der Waals surface area contributed by atoms with Crippen molar-refractivity contribution in [1.29, 1.82) is 0 Å². The molecule has 0 aromatic carbocycles. The zero-order chi connectivity index (χ0) is 6.24. The molecule has 9 heavy (non-hydrogen) atoms. The van der Waals surface area contributed by atoms with E-state index < -0.39 is 0 Å². The van der Waals surface area contributed by atoms with Crippen LogP contribution in [-0.4, -0.2) is 5.11 Å². The summed E-state index contributed by atoms with van der Waals surface area (Å²) in [6.45, 7) is 1.94. The van der Waals surface area contributed by atoms with Gasteiger partial charge in [-0.2, -0.15) is 0 Å². The standard InChI is InChI=1S/C7H10O.U/c1-2-3-4-5-6-7-8;/h2-8H,1H3;/b3-2-,5-4-,7-6+;. The zero-order valence-electron chi connectivity index (χ0n) is 5.41. The van der Waals surface area contributed by atoms with Crippen molar-refractivity contribution in [1.82, 2.24) is 0 Å². The largest absolute Gasteiger partial charge is 0.516 e. The van der Waals surface area contributed by atoms with Crippen molar-refractivity contribution < 1.29 is 36.2 Å². The Morgan fingerprint density at radius 1 is 1.00 bits per heavy atom. The van der Waals surface area contributed by atoms with Gasteiger partial charge in [0.25, 0.3) is 0 Å². The van der Waals surface area contributed by atoms with Gasteiger partial charge in [-0.1, -0.05) is 24.3 Å². The molecule has 0 aliphatic rings. The van der Waals surface area contributed by atoms with Gasteiger partial charge in [-0.3, -0.25) is 0 Å². The Kier molecular flexibility index (Phi) is 14.4. The summed E-state index contributed by atoms with van der Waals surface area (Å²) in [4.78, 5) is 0. The molecule has 0 radical (unpaired) electrons. The minimum atomic E-state index is 0. The number of aliphatic hydroxyl groups is 1. The number of allylic oxidation sites excluding steroid dienone is 5. The van der Waals surface area contributed by atoms with Gasteiger partial charge in [-0.05, 0) is 13.0 Å². The van der Waals surface area contributed by atoms with E-state index >= 15 is 0 Å². The zero-order valence-corrected chi connectivity index (χ0v) is 9.58. The predicted molar refractivity (Wildman–Crippen MR) is 35.7 cm³/mol. The van der Waals surface area contributed by atoms with Crippen molar-refractivity contribution in [3.63, 3.8) is 0 Å². The molecule has 0 rings (SSSR count). The van der Waals surface area contributed by atoms with Crippen LogP contribution in [0.3, 0.4) is 0 Å². The summed E-state index contributed by atoms with van der Waals surface area (Å²) in [7, 11) is 0. The third-order valence-corrected chi connectivity index (χ3v) is 0.612. The first-order chi connectivity index (χ1) is 3.91. The van der Waals surface area contributed by atoms with E-state index in [-0.39, 0.29) is 31.1 Å². The van der Waals surface area contributed by atoms with E-state index in [9.17, 15) is 0 Å². The van der Waals surface area contributed by atoms with Crippen LogP contribution >= 0.6 is 0 Å². The Bertz CT molecular complexity index is 100. The first-order valence-electron chi connectivity index (χ1n) is 2.50. The maximum Gasteiger partial charge on any atom is 0.0791 e. The summed E-state index contributed by atoms with van der Waals surface area (Å²) in [5.41, 5.74) is 0. The molecule has 0 aromatic rings. The van der Waals surface area contributed by atoms with Crippen LogP contribution in [0.4, 0.5) is 0 Å². The first kappa shape index (κ1) is 11.8. The summed E-state index contributed by atoms with van der Waals surface area (Å²) in [5.74, 6) is 0. The summed E-state index contributed by atoms with van der Waals surface area (Å²) in [5, 5.41) is 8.11. The summed E-state index contributed by atoms with van der Waals surface area (Å²) < 4.78 is 0. The molecule has 0 amide bonds. The third-order valence-electron chi connectivity index (χ3n) is 0.612. The molecular weight excluding hydrogens is 338 g/mol. The third kappa shape index (κ3) is 11.6. The molecule has 1 N–H and O–H groups in total. The van der Waals surface area contributed by atoms with Crippen LogP contribution in [0.1, 0.15) is 6.92 Å². The summed E-state index contributed by atoms with van der Waals surface area (Å²) in [6, 6.07) is 0. The molecule has 0 heterocycles. The van der Waals surface area contributed by atoms with E-state index in [1.807, 2.05) is 25.2 Å². The van der Waals surface area contributed by atoms with Gasteiger partial charge in [0, 0.05) is 31.1 Å². The maximum atomic E-state index is 8.11. The van der Waals surface area contributed by atoms with Crippen molar-refractivity contribution in [2.75, 3.05) is 0 Å². The van der Waals surface area contributed by atoms with Crippen molar-refractivity contribution in [3.8, 4) is 0 Å². The molecule has 0 bridgehead atoms. The van der Waals surface area contributed by atoms with Crippen LogP contribution in [-0.2, 0) is 0 Å². The fourth-order valence-corrected chi connectivity index (χ4v) is 0.289. The second-order valence-corrected chi connectivity index (χ2v) is 1.25. The fraction of sp³-hybridized carbons (Fsp3) is 0.143. The van der Waals surface area contributed by atoms with Crippen molar-refractivity contribution in [3.05, 3.63) is 36.6 Å². The molecule has 0 aromatic heterocycles. The molecule has 0 fully saturated rings. The fourth-order valence-electron chi connectivity index (χ4n) is 0.289. The molecule has 0 atom stereocenters. The molecule has 0 unspecified atom stereocenters. The summed E-state index contributed by atoms with van der Waals surface area (Å²) >= 11 is 0. The minimum Gasteiger partial charge on any atom is -0.516 e. The molecule has 0 saturated carbocycles. The Morgan fingerprint density at radius 3 is 2.00 bits per heavy atom. The molecule has 2 heteroatoms. The normalized spacial score (nSPS) is 11.2. The molecule has 0 aliphatic heterocycles. The van der Waals surface area contributed by atoms with Crippen LogP contribution in [0.25, 0.3) is 0 Å². The van der Waals surface area contributed by atoms with Crippen LogP contribution in [0, 0.1) is 31.1 Å². The second kappa shape index (κ2) is 10.9. The van der Waals surface area contributed by atoms with Gasteiger partial charge >= 0.3 is 0 Å². The van der Waals surface area contributed by atoms with Gasteiger partial charge in [0.1, 0.15) is 0 Å². The topological polar surface area (TPSA) is 20.2 Å². The van der Waals surface area contributed by atoms with E-state index in [1.54, 1.807) is 12.2 Å². The van der Waals surface area contributed by atoms with Crippen LogP contribution < -0.4 is 0 Å². The Hall–Kier alpha value is 0.0719. The number of hydrogen-bond acceptors (Lipinski definition) is 1. The average Bonchev–Trinajstić information content (AvgIpc) is 1.81. The quantitative estimate of drug-likeness (QED) is 0.599. The van der Waals surface area contributed by atoms with Crippen LogP contribution in [0.15, 0.2) is 36.6 Å². The Balaban J connectivity index is 0. The van der Waals surface area contributed by atoms with Crippen molar-refractivity contribution >= 4 is 0 Å². The molecule has 1 nitrogen and oxygen atoms in total.